The average molecular weight is 488 g/mol. The lowest BCUT2D eigenvalue weighted by Gasteiger charge is -2.12. The second kappa shape index (κ2) is 11.2. The predicted molar refractivity (Wildman–Crippen MR) is 112 cm³/mol. The van der Waals surface area contributed by atoms with Crippen LogP contribution in [0.5, 0.6) is 11.5 Å². The van der Waals surface area contributed by atoms with Gasteiger partial charge in [-0.05, 0) is 43.0 Å². The molecule has 0 aromatic heterocycles. The van der Waals surface area contributed by atoms with Gasteiger partial charge in [0.05, 0.1) is 22.2 Å². The third-order valence-corrected chi connectivity index (χ3v) is 4.72. The van der Waals surface area contributed by atoms with Crippen molar-refractivity contribution >= 4 is 46.4 Å². The highest BCUT2D eigenvalue weighted by atomic mass is 35.5. The van der Waals surface area contributed by atoms with Gasteiger partial charge in [-0.3, -0.25) is 0 Å². The van der Waals surface area contributed by atoms with Gasteiger partial charge in [0.1, 0.15) is 16.8 Å². The lowest BCUT2D eigenvalue weighted by Crippen LogP contribution is -2.04. The molecule has 9 heteroatoms. The maximum absolute atomic E-state index is 12.6. The molecule has 0 bridgehead atoms. The SMILES string of the molecule is FC(F)(F)c1ccc(CCCCOc2c(Cl)cc(OCC=C(Cl)Cl)cc2Cl)cc1. The lowest BCUT2D eigenvalue weighted by atomic mass is 10.1. The smallest absolute Gasteiger partial charge is 0.416 e. The summed E-state index contributed by atoms with van der Waals surface area (Å²) >= 11 is 23.4. The highest BCUT2D eigenvalue weighted by Crippen LogP contribution is 2.37. The molecule has 0 aliphatic heterocycles. The molecule has 2 aromatic rings. The van der Waals surface area contributed by atoms with E-state index in [2.05, 4.69) is 0 Å². The highest BCUT2D eigenvalue weighted by Gasteiger charge is 2.29. The molecule has 0 spiro atoms. The Balaban J connectivity index is 1.79. The summed E-state index contributed by atoms with van der Waals surface area (Å²) < 4.78 is 48.8. The van der Waals surface area contributed by atoms with Gasteiger partial charge >= 0.3 is 6.18 Å². The third kappa shape index (κ3) is 8.17. The molecule has 0 N–H and O–H groups in total. The Labute approximate surface area is 187 Å². The van der Waals surface area contributed by atoms with Gasteiger partial charge in [0, 0.05) is 12.1 Å². The summed E-state index contributed by atoms with van der Waals surface area (Å²) in [5.74, 6) is 0.793. The Kier molecular flexibility index (Phi) is 9.28. The van der Waals surface area contributed by atoms with Gasteiger partial charge in [-0.15, -0.1) is 0 Å². The minimum atomic E-state index is -4.32. The van der Waals surface area contributed by atoms with Gasteiger partial charge in [-0.25, -0.2) is 0 Å². The first-order valence-electron chi connectivity index (χ1n) is 8.59. The molecule has 0 radical (unpaired) electrons. The Morgan fingerprint density at radius 1 is 0.931 bits per heavy atom. The maximum Gasteiger partial charge on any atom is 0.416 e. The molecule has 0 saturated heterocycles. The average Bonchev–Trinajstić information content (AvgIpc) is 2.62. The standard InChI is InChI=1S/C20H17Cl4F3O2/c21-16-11-15(28-10-8-18(23)24)12-17(22)19(16)29-9-2-1-3-13-4-6-14(7-5-13)20(25,26)27/h4-8,11-12H,1-3,9-10H2. The zero-order valence-corrected chi connectivity index (χ0v) is 18.1. The highest BCUT2D eigenvalue weighted by molar-refractivity contribution is 6.55. The van der Waals surface area contributed by atoms with Gasteiger partial charge in [0.2, 0.25) is 0 Å². The van der Waals surface area contributed by atoms with Gasteiger partial charge in [-0.2, -0.15) is 13.2 Å². The summed E-state index contributed by atoms with van der Waals surface area (Å²) in [6, 6.07) is 8.30. The van der Waals surface area contributed by atoms with Crippen LogP contribution in [0.4, 0.5) is 13.2 Å². The number of alkyl halides is 3. The van der Waals surface area contributed by atoms with Crippen molar-refractivity contribution in [2.45, 2.75) is 25.4 Å². The largest absolute Gasteiger partial charge is 0.490 e. The van der Waals surface area contributed by atoms with Crippen LogP contribution in [-0.2, 0) is 12.6 Å². The number of aryl methyl sites for hydroxylation is 1. The first kappa shape index (κ1) is 24.0. The summed E-state index contributed by atoms with van der Waals surface area (Å²) in [4.78, 5) is 0. The second-order valence-electron chi connectivity index (χ2n) is 6.02. The molecule has 2 nitrogen and oxygen atoms in total. The summed E-state index contributed by atoms with van der Waals surface area (Å²) in [5.41, 5.74) is 0.185. The molecule has 2 aromatic carbocycles. The minimum Gasteiger partial charge on any atom is -0.490 e. The van der Waals surface area contributed by atoms with Crippen molar-refractivity contribution < 1.29 is 22.6 Å². The van der Waals surface area contributed by atoms with Crippen LogP contribution in [0.3, 0.4) is 0 Å². The number of hydrogen-bond acceptors (Lipinski definition) is 2. The lowest BCUT2D eigenvalue weighted by molar-refractivity contribution is -0.137. The predicted octanol–water partition coefficient (Wildman–Crippen LogP) is 8.11. The van der Waals surface area contributed by atoms with Gasteiger partial charge in [-0.1, -0.05) is 58.5 Å². The van der Waals surface area contributed by atoms with Crippen LogP contribution in [0.25, 0.3) is 0 Å². The minimum absolute atomic E-state index is 0.0958. The molecule has 158 valence electrons. The Morgan fingerprint density at radius 3 is 2.10 bits per heavy atom. The van der Waals surface area contributed by atoms with E-state index in [0.29, 0.717) is 41.0 Å². The van der Waals surface area contributed by atoms with Crippen LogP contribution in [-0.4, -0.2) is 13.2 Å². The Bertz CT molecular complexity index is 810. The van der Waals surface area contributed by atoms with Crippen molar-refractivity contribution in [3.05, 3.63) is 68.1 Å². The van der Waals surface area contributed by atoms with E-state index in [1.165, 1.54) is 18.2 Å². The molecule has 0 heterocycles. The zero-order chi connectivity index (χ0) is 21.4. The van der Waals surface area contributed by atoms with Crippen LogP contribution in [0.1, 0.15) is 24.0 Å². The summed E-state index contributed by atoms with van der Waals surface area (Å²) in [5, 5.41) is 0.604. The van der Waals surface area contributed by atoms with E-state index in [0.717, 1.165) is 24.1 Å². The maximum atomic E-state index is 12.6. The normalized spacial score (nSPS) is 11.3. The summed E-state index contributed by atoms with van der Waals surface area (Å²) in [6.45, 7) is 0.532. The van der Waals surface area contributed by atoms with Gasteiger partial charge < -0.3 is 9.47 Å². The molecule has 0 amide bonds. The number of benzene rings is 2. The number of rotatable bonds is 9. The second-order valence-corrected chi connectivity index (χ2v) is 7.84. The van der Waals surface area contributed by atoms with E-state index >= 15 is 0 Å². The quantitative estimate of drug-likeness (QED) is 0.332. The fraction of sp³-hybridized carbons (Fsp3) is 0.300. The fourth-order valence-corrected chi connectivity index (χ4v) is 3.13. The van der Waals surface area contributed by atoms with E-state index in [4.69, 9.17) is 55.9 Å². The molecule has 0 saturated carbocycles. The molecular weight excluding hydrogens is 471 g/mol. The summed E-state index contributed by atoms with van der Waals surface area (Å²) in [6.07, 6.45) is -0.768. The van der Waals surface area contributed by atoms with E-state index in [9.17, 15) is 13.2 Å². The van der Waals surface area contributed by atoms with Crippen LogP contribution in [0.15, 0.2) is 47.0 Å². The van der Waals surface area contributed by atoms with Crippen molar-refractivity contribution in [1.29, 1.82) is 0 Å². The first-order valence-corrected chi connectivity index (χ1v) is 10.1. The van der Waals surface area contributed by atoms with Crippen LogP contribution < -0.4 is 9.47 Å². The molecular formula is C20H17Cl4F3O2. The Hall–Kier alpha value is -1.27. The molecule has 0 atom stereocenters. The first-order chi connectivity index (χ1) is 13.7. The van der Waals surface area contributed by atoms with Gasteiger partial charge in [0.15, 0.2) is 5.75 Å². The van der Waals surface area contributed by atoms with Crippen molar-refractivity contribution in [3.63, 3.8) is 0 Å². The Morgan fingerprint density at radius 2 is 1.55 bits per heavy atom. The summed E-state index contributed by atoms with van der Waals surface area (Å²) in [7, 11) is 0. The molecule has 0 fully saturated rings. The van der Waals surface area contributed by atoms with Crippen molar-refractivity contribution in [3.8, 4) is 11.5 Å². The molecule has 2 rings (SSSR count). The molecule has 0 unspecified atom stereocenters. The van der Waals surface area contributed by atoms with Crippen LogP contribution in [0.2, 0.25) is 10.0 Å². The van der Waals surface area contributed by atoms with Crippen LogP contribution in [0, 0.1) is 0 Å². The van der Waals surface area contributed by atoms with Crippen LogP contribution >= 0.6 is 46.4 Å². The zero-order valence-electron chi connectivity index (χ0n) is 15.0. The molecule has 0 aliphatic carbocycles. The third-order valence-electron chi connectivity index (χ3n) is 3.85. The number of ether oxygens (including phenoxy) is 2. The van der Waals surface area contributed by atoms with Gasteiger partial charge in [0.25, 0.3) is 0 Å². The number of halogens is 7. The monoisotopic (exact) mass is 486 g/mol. The number of unbranched alkanes of at least 4 members (excludes halogenated alkanes) is 1. The molecule has 29 heavy (non-hydrogen) atoms. The van der Waals surface area contributed by atoms with E-state index < -0.39 is 11.7 Å². The van der Waals surface area contributed by atoms with E-state index in [1.807, 2.05) is 0 Å². The molecule has 0 aliphatic rings. The van der Waals surface area contributed by atoms with E-state index in [-0.39, 0.29) is 11.1 Å². The van der Waals surface area contributed by atoms with Crippen molar-refractivity contribution in [2.24, 2.45) is 0 Å². The van der Waals surface area contributed by atoms with Crippen molar-refractivity contribution in [1.82, 2.24) is 0 Å². The number of hydrogen-bond donors (Lipinski definition) is 0. The fourth-order valence-electron chi connectivity index (χ4n) is 2.42. The van der Waals surface area contributed by atoms with Crippen molar-refractivity contribution in [2.75, 3.05) is 13.2 Å². The topological polar surface area (TPSA) is 18.5 Å². The van der Waals surface area contributed by atoms with E-state index in [1.54, 1.807) is 12.1 Å².